The third kappa shape index (κ3) is 2.19. The van der Waals surface area contributed by atoms with E-state index in [1.54, 1.807) is 0 Å². The Labute approximate surface area is 109 Å². The molecule has 0 unspecified atom stereocenters. The van der Waals surface area contributed by atoms with Crippen molar-refractivity contribution in [3.63, 3.8) is 0 Å². The number of rotatable bonds is 1. The van der Waals surface area contributed by atoms with Gasteiger partial charge in [0.15, 0.2) is 0 Å². The fourth-order valence-electron chi connectivity index (χ4n) is 2.44. The van der Waals surface area contributed by atoms with Crippen molar-refractivity contribution in [2.24, 2.45) is 0 Å². The van der Waals surface area contributed by atoms with Gasteiger partial charge in [0, 0.05) is 32.2 Å². The van der Waals surface area contributed by atoms with E-state index in [2.05, 4.69) is 21.9 Å². The molecule has 1 aliphatic heterocycles. The molecule has 3 rings (SSSR count). The van der Waals surface area contributed by atoms with Gasteiger partial charge in [0.1, 0.15) is 5.82 Å². The highest BCUT2D eigenvalue weighted by Gasteiger charge is 2.19. The molecule has 6 heteroatoms. The highest BCUT2D eigenvalue weighted by Crippen LogP contribution is 2.25. The van der Waals surface area contributed by atoms with E-state index in [9.17, 15) is 9.18 Å². The van der Waals surface area contributed by atoms with Gasteiger partial charge in [0.2, 0.25) is 0 Å². The zero-order chi connectivity index (χ0) is 13.4. The van der Waals surface area contributed by atoms with E-state index in [0.717, 1.165) is 26.2 Å². The summed E-state index contributed by atoms with van der Waals surface area (Å²) in [6.45, 7) is 3.36. The highest BCUT2D eigenvalue weighted by molar-refractivity contribution is 5.91. The number of aromatic amines is 1. The van der Waals surface area contributed by atoms with Crippen LogP contribution < -0.4 is 10.5 Å². The Kier molecular flexibility index (Phi) is 2.94. The molecule has 1 aromatic heterocycles. The largest absolute Gasteiger partial charge is 0.368 e. The average Bonchev–Trinajstić information content (AvgIpc) is 2.38. The van der Waals surface area contributed by atoms with Crippen LogP contribution >= 0.6 is 0 Å². The maximum Gasteiger partial charge on any atom is 0.260 e. The minimum Gasteiger partial charge on any atom is -0.368 e. The number of nitrogens with zero attached hydrogens (tertiary/aromatic N) is 3. The molecule has 1 N–H and O–H groups in total. The molecule has 1 aliphatic rings. The topological polar surface area (TPSA) is 52.2 Å². The van der Waals surface area contributed by atoms with Gasteiger partial charge in [-0.3, -0.25) is 4.79 Å². The first kappa shape index (κ1) is 12.1. The highest BCUT2D eigenvalue weighted by atomic mass is 19.1. The second-order valence-electron chi connectivity index (χ2n) is 4.84. The lowest BCUT2D eigenvalue weighted by Crippen LogP contribution is -2.44. The number of aromatic nitrogens is 2. The minimum atomic E-state index is -0.362. The SMILES string of the molecule is CN1CCN(c2cc(F)cc3nc[nH]c(=O)c23)CC1. The second kappa shape index (κ2) is 4.62. The first-order valence-electron chi connectivity index (χ1n) is 6.25. The molecule has 0 radical (unpaired) electrons. The molecule has 0 spiro atoms. The van der Waals surface area contributed by atoms with Crippen molar-refractivity contribution >= 4 is 16.6 Å². The van der Waals surface area contributed by atoms with Crippen molar-refractivity contribution in [2.45, 2.75) is 0 Å². The van der Waals surface area contributed by atoms with Gasteiger partial charge in [0.05, 0.1) is 22.9 Å². The lowest BCUT2D eigenvalue weighted by Gasteiger charge is -2.34. The summed E-state index contributed by atoms with van der Waals surface area (Å²) < 4.78 is 13.7. The molecule has 19 heavy (non-hydrogen) atoms. The smallest absolute Gasteiger partial charge is 0.260 e. The summed E-state index contributed by atoms with van der Waals surface area (Å²) in [7, 11) is 2.05. The molecular weight excluding hydrogens is 247 g/mol. The number of halogens is 1. The number of fused-ring (bicyclic) bond motifs is 1. The standard InChI is InChI=1S/C13H15FN4O/c1-17-2-4-18(5-3-17)11-7-9(14)6-10-12(11)13(19)16-8-15-10/h6-8H,2-5H2,1H3,(H,15,16,19). The molecule has 5 nitrogen and oxygen atoms in total. The summed E-state index contributed by atoms with van der Waals surface area (Å²) in [5, 5.41) is 0.466. The van der Waals surface area contributed by atoms with Crippen LogP contribution in [0.4, 0.5) is 10.1 Å². The fraction of sp³-hybridized carbons (Fsp3) is 0.385. The van der Waals surface area contributed by atoms with Crippen molar-refractivity contribution in [3.8, 4) is 0 Å². The maximum atomic E-state index is 13.7. The summed E-state index contributed by atoms with van der Waals surface area (Å²) >= 11 is 0. The fourth-order valence-corrected chi connectivity index (χ4v) is 2.44. The first-order chi connectivity index (χ1) is 9.15. The van der Waals surface area contributed by atoms with Crippen molar-refractivity contribution in [3.05, 3.63) is 34.6 Å². The van der Waals surface area contributed by atoms with Crippen molar-refractivity contribution in [1.82, 2.24) is 14.9 Å². The molecule has 1 aromatic carbocycles. The monoisotopic (exact) mass is 262 g/mol. The quantitative estimate of drug-likeness (QED) is 0.826. The molecule has 0 saturated carbocycles. The molecule has 0 aliphatic carbocycles. The molecule has 100 valence electrons. The zero-order valence-corrected chi connectivity index (χ0v) is 10.7. The lowest BCUT2D eigenvalue weighted by atomic mass is 10.1. The lowest BCUT2D eigenvalue weighted by molar-refractivity contribution is 0.313. The number of likely N-dealkylation sites (N-methyl/N-ethyl adjacent to an activating group) is 1. The third-order valence-electron chi connectivity index (χ3n) is 3.53. The predicted molar refractivity (Wildman–Crippen MR) is 72.0 cm³/mol. The van der Waals surface area contributed by atoms with Crippen LogP contribution in [0, 0.1) is 5.82 Å². The Morgan fingerprint density at radius 2 is 2.00 bits per heavy atom. The Bertz CT molecular complexity index is 661. The van der Waals surface area contributed by atoms with Crippen molar-refractivity contribution in [2.75, 3.05) is 38.1 Å². The Morgan fingerprint density at radius 3 is 2.74 bits per heavy atom. The van der Waals surface area contributed by atoms with E-state index in [-0.39, 0.29) is 11.4 Å². The number of nitrogens with one attached hydrogen (secondary N) is 1. The molecule has 2 heterocycles. The van der Waals surface area contributed by atoms with E-state index >= 15 is 0 Å². The van der Waals surface area contributed by atoms with Crippen LogP contribution in [0.1, 0.15) is 0 Å². The Hall–Kier alpha value is -1.95. The molecule has 0 bridgehead atoms. The normalized spacial score (nSPS) is 17.1. The second-order valence-corrected chi connectivity index (χ2v) is 4.84. The Balaban J connectivity index is 2.14. The molecule has 1 saturated heterocycles. The van der Waals surface area contributed by atoms with Crippen LogP contribution in [0.25, 0.3) is 10.9 Å². The van der Waals surface area contributed by atoms with E-state index < -0.39 is 0 Å². The minimum absolute atomic E-state index is 0.223. The number of H-pyrrole nitrogens is 1. The predicted octanol–water partition coefficient (Wildman–Crippen LogP) is 0.814. The molecule has 1 fully saturated rings. The Morgan fingerprint density at radius 1 is 1.26 bits per heavy atom. The number of benzene rings is 1. The van der Waals surface area contributed by atoms with Crippen LogP contribution in [-0.2, 0) is 0 Å². The van der Waals surface area contributed by atoms with Gasteiger partial charge in [-0.1, -0.05) is 0 Å². The number of hydrogen-bond acceptors (Lipinski definition) is 4. The third-order valence-corrected chi connectivity index (χ3v) is 3.53. The molecule has 2 aromatic rings. The van der Waals surface area contributed by atoms with E-state index in [4.69, 9.17) is 0 Å². The summed E-state index contributed by atoms with van der Waals surface area (Å²) in [6, 6.07) is 2.72. The van der Waals surface area contributed by atoms with E-state index in [0.29, 0.717) is 16.6 Å². The van der Waals surface area contributed by atoms with Gasteiger partial charge in [-0.15, -0.1) is 0 Å². The van der Waals surface area contributed by atoms with Crippen LogP contribution in [0.2, 0.25) is 0 Å². The molecular formula is C13H15FN4O. The maximum absolute atomic E-state index is 13.7. The summed E-state index contributed by atoms with van der Waals surface area (Å²) in [5.41, 5.74) is 0.814. The number of hydrogen-bond donors (Lipinski definition) is 1. The first-order valence-corrected chi connectivity index (χ1v) is 6.25. The van der Waals surface area contributed by atoms with Gasteiger partial charge < -0.3 is 14.8 Å². The van der Waals surface area contributed by atoms with Gasteiger partial charge >= 0.3 is 0 Å². The van der Waals surface area contributed by atoms with Gasteiger partial charge in [0.25, 0.3) is 5.56 Å². The number of anilines is 1. The average molecular weight is 262 g/mol. The summed E-state index contributed by atoms with van der Waals surface area (Å²) in [5.74, 6) is -0.362. The summed E-state index contributed by atoms with van der Waals surface area (Å²) in [4.78, 5) is 22.8. The van der Waals surface area contributed by atoms with Crippen LogP contribution in [-0.4, -0.2) is 48.1 Å². The van der Waals surface area contributed by atoms with Crippen LogP contribution in [0.15, 0.2) is 23.3 Å². The molecule has 0 atom stereocenters. The van der Waals surface area contributed by atoms with E-state index in [1.165, 1.54) is 18.5 Å². The van der Waals surface area contributed by atoms with Crippen molar-refractivity contribution < 1.29 is 4.39 Å². The van der Waals surface area contributed by atoms with Gasteiger partial charge in [-0.25, -0.2) is 9.37 Å². The van der Waals surface area contributed by atoms with Crippen LogP contribution in [0.3, 0.4) is 0 Å². The summed E-state index contributed by atoms with van der Waals surface area (Å²) in [6.07, 6.45) is 1.30. The zero-order valence-electron chi connectivity index (χ0n) is 10.7. The van der Waals surface area contributed by atoms with Gasteiger partial charge in [-0.05, 0) is 13.1 Å². The van der Waals surface area contributed by atoms with Crippen molar-refractivity contribution in [1.29, 1.82) is 0 Å². The van der Waals surface area contributed by atoms with E-state index in [1.807, 2.05) is 4.90 Å². The number of piperazine rings is 1. The van der Waals surface area contributed by atoms with Gasteiger partial charge in [-0.2, -0.15) is 0 Å². The molecule has 0 amide bonds. The van der Waals surface area contributed by atoms with Crippen LogP contribution in [0.5, 0.6) is 0 Å².